The predicted molar refractivity (Wildman–Crippen MR) is 76.6 cm³/mol. The van der Waals surface area contributed by atoms with Crippen LogP contribution < -0.4 is 5.73 Å². The molecule has 5 heteroatoms. The van der Waals surface area contributed by atoms with Gasteiger partial charge in [-0.3, -0.25) is 4.98 Å². The van der Waals surface area contributed by atoms with E-state index in [1.54, 1.807) is 18.3 Å². The van der Waals surface area contributed by atoms with Crippen molar-refractivity contribution < 1.29 is 8.78 Å². The van der Waals surface area contributed by atoms with E-state index in [1.165, 1.54) is 17.8 Å². The third-order valence-corrected chi connectivity index (χ3v) is 3.95. The second-order valence-corrected chi connectivity index (χ2v) is 5.35. The van der Waals surface area contributed by atoms with Crippen molar-refractivity contribution in [2.75, 3.05) is 5.73 Å². The van der Waals surface area contributed by atoms with Gasteiger partial charge in [-0.15, -0.1) is 0 Å². The zero-order valence-corrected chi connectivity index (χ0v) is 11.1. The van der Waals surface area contributed by atoms with Crippen molar-refractivity contribution >= 4 is 28.4 Å². The Balaban J connectivity index is 2.06. The molecular formula is C15H10F2N2S. The van der Waals surface area contributed by atoms with Gasteiger partial charge in [-0.2, -0.15) is 0 Å². The first-order valence-electron chi connectivity index (χ1n) is 5.91. The molecule has 2 N–H and O–H groups in total. The molecule has 0 aliphatic heterocycles. The maximum Gasteiger partial charge on any atom is 0.159 e. The molecule has 0 fully saturated rings. The zero-order chi connectivity index (χ0) is 14.1. The quantitative estimate of drug-likeness (QED) is 0.717. The number of hydrogen-bond acceptors (Lipinski definition) is 3. The summed E-state index contributed by atoms with van der Waals surface area (Å²) < 4.78 is 26.2. The van der Waals surface area contributed by atoms with Crippen LogP contribution in [-0.2, 0) is 0 Å². The van der Waals surface area contributed by atoms with Gasteiger partial charge in [-0.25, -0.2) is 8.78 Å². The number of rotatable bonds is 2. The van der Waals surface area contributed by atoms with Crippen LogP contribution in [0.1, 0.15) is 0 Å². The van der Waals surface area contributed by atoms with Crippen LogP contribution in [0.3, 0.4) is 0 Å². The fourth-order valence-electron chi connectivity index (χ4n) is 1.93. The zero-order valence-electron chi connectivity index (χ0n) is 10.3. The maximum atomic E-state index is 13.2. The highest BCUT2D eigenvalue weighted by Crippen LogP contribution is 2.34. The Morgan fingerprint density at radius 1 is 1.00 bits per heavy atom. The van der Waals surface area contributed by atoms with Crippen molar-refractivity contribution in [3.05, 3.63) is 60.3 Å². The van der Waals surface area contributed by atoms with Crippen molar-refractivity contribution in [3.8, 4) is 0 Å². The maximum absolute atomic E-state index is 13.2. The Kier molecular flexibility index (Phi) is 3.28. The van der Waals surface area contributed by atoms with Gasteiger partial charge >= 0.3 is 0 Å². The third kappa shape index (κ3) is 2.32. The molecule has 0 saturated carbocycles. The molecule has 0 radical (unpaired) electrons. The molecule has 20 heavy (non-hydrogen) atoms. The number of nitrogens with two attached hydrogens (primary N) is 1. The highest BCUT2D eigenvalue weighted by atomic mass is 32.2. The van der Waals surface area contributed by atoms with Gasteiger partial charge in [0, 0.05) is 21.4 Å². The highest BCUT2D eigenvalue weighted by molar-refractivity contribution is 7.99. The average Bonchev–Trinajstić information content (AvgIpc) is 2.44. The lowest BCUT2D eigenvalue weighted by molar-refractivity contribution is 0.506. The Bertz CT molecular complexity index is 790. The summed E-state index contributed by atoms with van der Waals surface area (Å²) >= 11 is 1.35. The molecule has 1 heterocycles. The van der Waals surface area contributed by atoms with Crippen LogP contribution in [0.25, 0.3) is 10.9 Å². The van der Waals surface area contributed by atoms with Crippen LogP contribution in [-0.4, -0.2) is 4.98 Å². The molecule has 1 aromatic heterocycles. The largest absolute Gasteiger partial charge is 0.397 e. The van der Waals surface area contributed by atoms with Gasteiger partial charge < -0.3 is 5.73 Å². The summed E-state index contributed by atoms with van der Waals surface area (Å²) in [5.74, 6) is -1.70. The summed E-state index contributed by atoms with van der Waals surface area (Å²) in [5, 5.41) is 0.891. The summed E-state index contributed by atoms with van der Waals surface area (Å²) in [5.41, 5.74) is 7.18. The van der Waals surface area contributed by atoms with E-state index < -0.39 is 11.6 Å². The molecule has 0 spiro atoms. The van der Waals surface area contributed by atoms with Gasteiger partial charge in [0.2, 0.25) is 0 Å². The number of benzene rings is 2. The van der Waals surface area contributed by atoms with Gasteiger partial charge in [-0.1, -0.05) is 23.9 Å². The second-order valence-electron chi connectivity index (χ2n) is 4.23. The molecule has 0 saturated heterocycles. The summed E-state index contributed by atoms with van der Waals surface area (Å²) in [7, 11) is 0. The van der Waals surface area contributed by atoms with Crippen molar-refractivity contribution in [1.29, 1.82) is 0 Å². The lowest BCUT2D eigenvalue weighted by Gasteiger charge is -2.07. The molecule has 0 bridgehead atoms. The van der Waals surface area contributed by atoms with Crippen LogP contribution in [0.15, 0.2) is 58.5 Å². The number of para-hydroxylation sites is 1. The number of anilines is 1. The second kappa shape index (κ2) is 5.09. The minimum atomic E-state index is -0.854. The van der Waals surface area contributed by atoms with Crippen LogP contribution in [0.4, 0.5) is 14.5 Å². The molecule has 3 aromatic rings. The fraction of sp³-hybridized carbons (Fsp3) is 0. The molecule has 3 rings (SSSR count). The minimum absolute atomic E-state index is 0.593. The first-order valence-corrected chi connectivity index (χ1v) is 6.73. The molecule has 0 amide bonds. The van der Waals surface area contributed by atoms with E-state index in [2.05, 4.69) is 4.98 Å². The van der Waals surface area contributed by atoms with Crippen molar-refractivity contribution in [1.82, 2.24) is 4.98 Å². The molecule has 0 aliphatic carbocycles. The molecule has 100 valence electrons. The Morgan fingerprint density at radius 3 is 2.65 bits per heavy atom. The summed E-state index contributed by atoms with van der Waals surface area (Å²) in [6, 6.07) is 11.2. The Hall–Kier alpha value is -2.14. The number of aromatic nitrogens is 1. The van der Waals surface area contributed by atoms with Gasteiger partial charge in [-0.05, 0) is 30.3 Å². The summed E-state index contributed by atoms with van der Waals surface area (Å²) in [6.45, 7) is 0. The van der Waals surface area contributed by atoms with Crippen molar-refractivity contribution in [2.24, 2.45) is 0 Å². The molecule has 0 atom stereocenters. The molecular weight excluding hydrogens is 278 g/mol. The summed E-state index contributed by atoms with van der Waals surface area (Å²) in [4.78, 5) is 5.76. The van der Waals surface area contributed by atoms with Crippen LogP contribution in [0.5, 0.6) is 0 Å². The minimum Gasteiger partial charge on any atom is -0.397 e. The van der Waals surface area contributed by atoms with E-state index in [0.29, 0.717) is 16.1 Å². The number of nitrogen functional groups attached to an aromatic ring is 1. The molecule has 0 aliphatic rings. The van der Waals surface area contributed by atoms with Gasteiger partial charge in [0.05, 0.1) is 11.2 Å². The highest BCUT2D eigenvalue weighted by Gasteiger charge is 2.08. The van der Waals surface area contributed by atoms with E-state index in [9.17, 15) is 8.78 Å². The Labute approximate surface area is 118 Å². The Morgan fingerprint density at radius 2 is 1.85 bits per heavy atom. The first kappa shape index (κ1) is 12.9. The van der Waals surface area contributed by atoms with E-state index >= 15 is 0 Å². The normalized spacial score (nSPS) is 10.9. The fourth-order valence-corrected chi connectivity index (χ4v) is 2.89. The van der Waals surface area contributed by atoms with Gasteiger partial charge in [0.15, 0.2) is 11.6 Å². The third-order valence-electron chi connectivity index (χ3n) is 2.88. The van der Waals surface area contributed by atoms with Crippen molar-refractivity contribution in [2.45, 2.75) is 9.79 Å². The molecule has 0 unspecified atom stereocenters. The molecule has 2 aromatic carbocycles. The van der Waals surface area contributed by atoms with E-state index in [1.807, 2.05) is 18.2 Å². The number of nitrogens with zero attached hydrogens (tertiary/aromatic N) is 1. The first-order chi connectivity index (χ1) is 9.65. The monoisotopic (exact) mass is 288 g/mol. The van der Waals surface area contributed by atoms with Crippen LogP contribution in [0.2, 0.25) is 0 Å². The molecule has 2 nitrogen and oxygen atoms in total. The van der Waals surface area contributed by atoms with E-state index in [-0.39, 0.29) is 0 Å². The standard InChI is InChI=1S/C15H10F2N2S/c16-11-5-4-9(8-12(11)17)20-14-6-7-19-15-10(14)2-1-3-13(15)18/h1-8H,18H2. The van der Waals surface area contributed by atoms with Gasteiger partial charge in [0.25, 0.3) is 0 Å². The SMILES string of the molecule is Nc1cccc2c(Sc3ccc(F)c(F)c3)ccnc12. The lowest BCUT2D eigenvalue weighted by atomic mass is 10.2. The topological polar surface area (TPSA) is 38.9 Å². The number of fused-ring (bicyclic) bond motifs is 1. The van der Waals surface area contributed by atoms with E-state index in [4.69, 9.17) is 5.73 Å². The smallest absolute Gasteiger partial charge is 0.159 e. The van der Waals surface area contributed by atoms with Crippen LogP contribution in [0, 0.1) is 11.6 Å². The van der Waals surface area contributed by atoms with Crippen LogP contribution >= 0.6 is 11.8 Å². The number of hydrogen-bond donors (Lipinski definition) is 1. The predicted octanol–water partition coefficient (Wildman–Crippen LogP) is 4.25. The van der Waals surface area contributed by atoms with Gasteiger partial charge in [0.1, 0.15) is 0 Å². The number of halogens is 2. The van der Waals surface area contributed by atoms with Crippen molar-refractivity contribution in [3.63, 3.8) is 0 Å². The number of pyridine rings is 1. The summed E-state index contributed by atoms with van der Waals surface area (Å²) in [6.07, 6.45) is 1.65. The van der Waals surface area contributed by atoms with E-state index in [0.717, 1.165) is 16.3 Å². The average molecular weight is 288 g/mol. The lowest BCUT2D eigenvalue weighted by Crippen LogP contribution is -1.90.